The van der Waals surface area contributed by atoms with Crippen LogP contribution in [0.5, 0.6) is 0 Å². The molecule has 1 aliphatic rings. The van der Waals surface area contributed by atoms with Gasteiger partial charge in [0, 0.05) is 18.4 Å². The van der Waals surface area contributed by atoms with Crippen LogP contribution in [0, 0.1) is 18.6 Å². The second-order valence-corrected chi connectivity index (χ2v) is 9.39. The van der Waals surface area contributed by atoms with Gasteiger partial charge in [-0.05, 0) is 73.4 Å². The number of halogens is 2. The molecule has 0 saturated carbocycles. The summed E-state index contributed by atoms with van der Waals surface area (Å²) in [5.74, 6) is -0.716. The molecule has 2 heterocycles. The van der Waals surface area contributed by atoms with Crippen molar-refractivity contribution in [2.24, 2.45) is 4.99 Å². The lowest BCUT2D eigenvalue weighted by Gasteiger charge is -2.23. The molecule has 0 bridgehead atoms. The van der Waals surface area contributed by atoms with Gasteiger partial charge in [0.25, 0.3) is 5.56 Å². The van der Waals surface area contributed by atoms with E-state index in [9.17, 15) is 18.4 Å². The highest BCUT2D eigenvalue weighted by atomic mass is 19.1. The number of hydrogen-bond donors (Lipinski definition) is 2. The molecular formula is C29H26F2N4O4. The Morgan fingerprint density at radius 1 is 1.10 bits per heavy atom. The van der Waals surface area contributed by atoms with Crippen LogP contribution >= 0.6 is 0 Å². The third-order valence-electron chi connectivity index (χ3n) is 6.60. The number of carbonyl (C=O) groups is 1. The molecule has 0 aliphatic carbocycles. The Morgan fingerprint density at radius 3 is 2.64 bits per heavy atom. The van der Waals surface area contributed by atoms with E-state index in [1.807, 2.05) is 0 Å². The smallest absolute Gasteiger partial charge is 0.303 e. The highest BCUT2D eigenvalue weighted by Crippen LogP contribution is 2.24. The zero-order valence-corrected chi connectivity index (χ0v) is 21.2. The lowest BCUT2D eigenvalue weighted by atomic mass is 10.0. The fourth-order valence-corrected chi connectivity index (χ4v) is 4.55. The standard InChI is InChI=1S/C29H26F2N4O4/c1-17-14-18(7-13-23(17)31)25-16-39-34-28(33-25)19-6-12-22-24(15-19)32-26(4-2-3-5-27(36)37)35(29(22)38)21-10-8-20(30)9-11-21/h6-15,25H,2-5,16H2,1H3,(H,33,34)(H,36,37)/t25-/m0/s1. The Bertz CT molecular complexity index is 1630. The minimum Gasteiger partial charge on any atom is -0.481 e. The zero-order valence-electron chi connectivity index (χ0n) is 21.2. The van der Waals surface area contributed by atoms with Gasteiger partial charge in [0.15, 0.2) is 5.84 Å². The van der Waals surface area contributed by atoms with Crippen LogP contribution in [-0.4, -0.2) is 33.1 Å². The van der Waals surface area contributed by atoms with Crippen LogP contribution in [0.25, 0.3) is 16.6 Å². The maximum Gasteiger partial charge on any atom is 0.303 e. The number of aliphatic imine (C=N–C) groups is 1. The third-order valence-corrected chi connectivity index (χ3v) is 6.60. The number of nitrogens with zero attached hydrogens (tertiary/aromatic N) is 3. The molecule has 200 valence electrons. The first-order chi connectivity index (χ1) is 18.8. The molecule has 0 spiro atoms. The number of hydrogen-bond acceptors (Lipinski definition) is 6. The zero-order chi connectivity index (χ0) is 27.5. The van der Waals surface area contributed by atoms with Gasteiger partial charge in [-0.25, -0.2) is 19.2 Å². The first-order valence-corrected chi connectivity index (χ1v) is 12.6. The number of benzene rings is 3. The number of aromatic nitrogens is 2. The monoisotopic (exact) mass is 532 g/mol. The van der Waals surface area contributed by atoms with Crippen molar-refractivity contribution in [1.82, 2.24) is 15.0 Å². The number of aryl methyl sites for hydroxylation is 2. The van der Waals surface area contributed by atoms with Gasteiger partial charge in [-0.2, -0.15) is 0 Å². The molecule has 0 unspecified atom stereocenters. The van der Waals surface area contributed by atoms with Crippen molar-refractivity contribution in [3.63, 3.8) is 0 Å². The summed E-state index contributed by atoms with van der Waals surface area (Å²) >= 11 is 0. The molecule has 1 aromatic heterocycles. The van der Waals surface area contributed by atoms with Crippen molar-refractivity contribution in [3.8, 4) is 5.69 Å². The summed E-state index contributed by atoms with van der Waals surface area (Å²) in [6, 6.07) is 15.2. The second kappa shape index (κ2) is 11.1. The Hall–Kier alpha value is -4.44. The molecule has 1 atom stereocenters. The van der Waals surface area contributed by atoms with Gasteiger partial charge in [0.2, 0.25) is 0 Å². The number of fused-ring (bicyclic) bond motifs is 1. The quantitative estimate of drug-likeness (QED) is 0.316. The Morgan fingerprint density at radius 2 is 1.90 bits per heavy atom. The summed E-state index contributed by atoms with van der Waals surface area (Å²) in [6.07, 6.45) is 1.30. The number of unbranched alkanes of at least 4 members (excludes halogenated alkanes) is 1. The summed E-state index contributed by atoms with van der Waals surface area (Å²) in [4.78, 5) is 39.6. The van der Waals surface area contributed by atoms with E-state index < -0.39 is 11.8 Å². The van der Waals surface area contributed by atoms with E-state index in [1.54, 1.807) is 37.3 Å². The summed E-state index contributed by atoms with van der Waals surface area (Å²) in [5.41, 5.74) is 5.40. The number of carboxylic acids is 1. The average Bonchev–Trinajstić information content (AvgIpc) is 2.93. The average molecular weight is 533 g/mol. The van der Waals surface area contributed by atoms with Gasteiger partial charge in [-0.15, -0.1) is 0 Å². The minimum atomic E-state index is -0.890. The van der Waals surface area contributed by atoms with Crippen LogP contribution in [0.15, 0.2) is 70.5 Å². The molecule has 0 radical (unpaired) electrons. The van der Waals surface area contributed by atoms with Gasteiger partial charge in [-0.3, -0.25) is 24.0 Å². The number of carboxylic acid groups (broad SMARTS) is 1. The molecule has 1 aliphatic heterocycles. The summed E-state index contributed by atoms with van der Waals surface area (Å²) < 4.78 is 28.8. The maximum atomic E-state index is 13.8. The van der Waals surface area contributed by atoms with E-state index in [0.29, 0.717) is 58.6 Å². The Labute approximate surface area is 222 Å². The molecule has 10 heteroatoms. The van der Waals surface area contributed by atoms with Crippen LogP contribution in [0.3, 0.4) is 0 Å². The van der Waals surface area contributed by atoms with Crippen molar-refractivity contribution in [3.05, 3.63) is 105 Å². The SMILES string of the molecule is Cc1cc([C@@H]2CONC(c3ccc4c(=O)n(-c5ccc(F)cc5)c(CCCCC(=O)O)nc4c3)=N2)ccc1F. The number of amidine groups is 1. The largest absolute Gasteiger partial charge is 0.481 e. The first kappa shape index (κ1) is 26.2. The minimum absolute atomic E-state index is 0.0126. The van der Waals surface area contributed by atoms with E-state index in [0.717, 1.165) is 5.56 Å². The summed E-state index contributed by atoms with van der Waals surface area (Å²) in [7, 11) is 0. The van der Waals surface area contributed by atoms with Crippen molar-refractivity contribution >= 4 is 22.7 Å². The van der Waals surface area contributed by atoms with Gasteiger partial charge in [0.05, 0.1) is 16.6 Å². The number of nitrogens with one attached hydrogen (secondary N) is 1. The topological polar surface area (TPSA) is 106 Å². The summed E-state index contributed by atoms with van der Waals surface area (Å²) in [5, 5.41) is 9.34. The van der Waals surface area contributed by atoms with E-state index in [-0.39, 0.29) is 30.4 Å². The fourth-order valence-electron chi connectivity index (χ4n) is 4.55. The molecular weight excluding hydrogens is 506 g/mol. The van der Waals surface area contributed by atoms with Gasteiger partial charge in [-0.1, -0.05) is 18.2 Å². The van der Waals surface area contributed by atoms with Crippen LogP contribution in [-0.2, 0) is 16.1 Å². The molecule has 2 N–H and O–H groups in total. The lowest BCUT2D eigenvalue weighted by molar-refractivity contribution is -0.137. The van der Waals surface area contributed by atoms with Gasteiger partial charge in [0.1, 0.15) is 30.1 Å². The van der Waals surface area contributed by atoms with Crippen molar-refractivity contribution in [2.75, 3.05) is 6.61 Å². The van der Waals surface area contributed by atoms with E-state index >= 15 is 0 Å². The van der Waals surface area contributed by atoms with Crippen LogP contribution in [0.1, 0.15) is 47.8 Å². The molecule has 0 amide bonds. The van der Waals surface area contributed by atoms with E-state index in [2.05, 4.69) is 5.48 Å². The van der Waals surface area contributed by atoms with Crippen LogP contribution in [0.4, 0.5) is 8.78 Å². The highest BCUT2D eigenvalue weighted by Gasteiger charge is 2.21. The van der Waals surface area contributed by atoms with Gasteiger partial charge >= 0.3 is 5.97 Å². The normalized spacial score (nSPS) is 15.2. The molecule has 8 nitrogen and oxygen atoms in total. The van der Waals surface area contributed by atoms with Crippen molar-refractivity contribution in [1.29, 1.82) is 0 Å². The van der Waals surface area contributed by atoms with Crippen molar-refractivity contribution < 1.29 is 23.5 Å². The van der Waals surface area contributed by atoms with Crippen molar-refractivity contribution in [2.45, 2.75) is 38.6 Å². The molecule has 5 rings (SSSR count). The predicted octanol–water partition coefficient (Wildman–Crippen LogP) is 4.79. The first-order valence-electron chi connectivity index (χ1n) is 12.6. The molecule has 0 saturated heterocycles. The second-order valence-electron chi connectivity index (χ2n) is 9.39. The third kappa shape index (κ3) is 5.70. The molecule has 39 heavy (non-hydrogen) atoms. The number of hydroxylamine groups is 1. The van der Waals surface area contributed by atoms with Crippen LogP contribution < -0.4 is 11.0 Å². The summed E-state index contributed by atoms with van der Waals surface area (Å²) in [6.45, 7) is 1.96. The Balaban J connectivity index is 1.54. The Kier molecular flexibility index (Phi) is 7.47. The van der Waals surface area contributed by atoms with E-state index in [4.69, 9.17) is 19.9 Å². The maximum absolute atomic E-state index is 13.8. The molecule has 3 aromatic carbocycles. The fraction of sp³-hybridized carbons (Fsp3) is 0.241. The van der Waals surface area contributed by atoms with Gasteiger partial charge < -0.3 is 5.11 Å². The molecule has 4 aromatic rings. The number of rotatable bonds is 8. The lowest BCUT2D eigenvalue weighted by Crippen LogP contribution is -2.32. The van der Waals surface area contributed by atoms with E-state index in [1.165, 1.54) is 34.9 Å². The predicted molar refractivity (Wildman–Crippen MR) is 142 cm³/mol. The molecule has 0 fully saturated rings. The highest BCUT2D eigenvalue weighted by molar-refractivity contribution is 6.01. The number of aliphatic carboxylic acids is 1. The van der Waals surface area contributed by atoms with Crippen LogP contribution in [0.2, 0.25) is 0 Å².